The van der Waals surface area contributed by atoms with Crippen molar-refractivity contribution in [2.75, 3.05) is 11.4 Å². The highest BCUT2D eigenvalue weighted by atomic mass is 19.1. The number of nitrogens with zero attached hydrogens (tertiary/aromatic N) is 3. The number of aryl methyl sites for hydroxylation is 1. The summed E-state index contributed by atoms with van der Waals surface area (Å²) in [5.41, 5.74) is 2.61. The second-order valence-electron chi connectivity index (χ2n) is 6.36. The first-order chi connectivity index (χ1) is 12.5. The SMILES string of the molecule is Cc1nn(-c2ccccc2)cc1C(=O)N1C[C@@H](C)Oc2cc(F)ccc21. The number of ether oxygens (including phenoxy) is 1. The monoisotopic (exact) mass is 351 g/mol. The van der Waals surface area contributed by atoms with E-state index in [1.807, 2.05) is 44.2 Å². The standard InChI is InChI=1S/C20H18FN3O2/c1-13-11-23(18-9-8-15(21)10-19(18)26-13)20(25)17-12-24(22-14(17)2)16-6-4-3-5-7-16/h3-10,12-13H,11H2,1-2H3/t13-/m1/s1. The molecule has 0 radical (unpaired) electrons. The van der Waals surface area contributed by atoms with Gasteiger partial charge in [-0.05, 0) is 38.1 Å². The van der Waals surface area contributed by atoms with Crippen LogP contribution in [0.1, 0.15) is 23.0 Å². The van der Waals surface area contributed by atoms with Crippen molar-refractivity contribution >= 4 is 11.6 Å². The third kappa shape index (κ3) is 2.83. The number of aromatic nitrogens is 2. The first-order valence-electron chi connectivity index (χ1n) is 8.42. The molecule has 0 fully saturated rings. The van der Waals surface area contributed by atoms with Gasteiger partial charge in [-0.3, -0.25) is 4.79 Å². The lowest BCUT2D eigenvalue weighted by Crippen LogP contribution is -2.42. The molecular formula is C20H18FN3O2. The molecule has 132 valence electrons. The number of anilines is 1. The normalized spacial score (nSPS) is 16.1. The van der Waals surface area contributed by atoms with Crippen molar-refractivity contribution in [1.29, 1.82) is 0 Å². The molecule has 6 heteroatoms. The number of halogens is 1. The zero-order chi connectivity index (χ0) is 18.3. The quantitative estimate of drug-likeness (QED) is 0.706. The maximum atomic E-state index is 13.5. The molecule has 0 unspecified atom stereocenters. The molecule has 0 N–H and O–H groups in total. The van der Waals surface area contributed by atoms with Crippen molar-refractivity contribution in [3.8, 4) is 11.4 Å². The number of hydrogen-bond acceptors (Lipinski definition) is 3. The second kappa shape index (κ2) is 6.29. The van der Waals surface area contributed by atoms with Crippen LogP contribution in [0.4, 0.5) is 10.1 Å². The molecule has 0 saturated heterocycles. The molecule has 5 nitrogen and oxygen atoms in total. The number of hydrogen-bond donors (Lipinski definition) is 0. The lowest BCUT2D eigenvalue weighted by Gasteiger charge is -2.33. The molecule has 0 bridgehead atoms. The van der Waals surface area contributed by atoms with Gasteiger partial charge in [-0.25, -0.2) is 9.07 Å². The molecule has 3 aromatic rings. The van der Waals surface area contributed by atoms with Crippen molar-refractivity contribution in [2.45, 2.75) is 20.0 Å². The number of rotatable bonds is 2. The first kappa shape index (κ1) is 16.3. The highest BCUT2D eigenvalue weighted by molar-refractivity contribution is 6.07. The van der Waals surface area contributed by atoms with Gasteiger partial charge in [0.15, 0.2) is 0 Å². The summed E-state index contributed by atoms with van der Waals surface area (Å²) < 4.78 is 20.9. The Hall–Kier alpha value is -3.15. The van der Waals surface area contributed by atoms with Crippen LogP contribution < -0.4 is 9.64 Å². The van der Waals surface area contributed by atoms with Gasteiger partial charge in [-0.1, -0.05) is 18.2 Å². The number of benzene rings is 2. The summed E-state index contributed by atoms with van der Waals surface area (Å²) in [6.07, 6.45) is 1.51. The van der Waals surface area contributed by atoms with Crippen molar-refractivity contribution < 1.29 is 13.9 Å². The number of para-hydroxylation sites is 1. The molecule has 1 atom stereocenters. The largest absolute Gasteiger partial charge is 0.487 e. The van der Waals surface area contributed by atoms with Crippen LogP contribution >= 0.6 is 0 Å². The van der Waals surface area contributed by atoms with Gasteiger partial charge < -0.3 is 9.64 Å². The maximum Gasteiger partial charge on any atom is 0.261 e. The lowest BCUT2D eigenvalue weighted by molar-refractivity contribution is 0.0960. The van der Waals surface area contributed by atoms with Gasteiger partial charge in [-0.15, -0.1) is 0 Å². The van der Waals surface area contributed by atoms with E-state index < -0.39 is 5.82 Å². The van der Waals surface area contributed by atoms with Crippen LogP contribution in [0.3, 0.4) is 0 Å². The van der Waals surface area contributed by atoms with Gasteiger partial charge in [-0.2, -0.15) is 5.10 Å². The number of carbonyl (C=O) groups is 1. The summed E-state index contributed by atoms with van der Waals surface area (Å²) in [6, 6.07) is 13.8. The summed E-state index contributed by atoms with van der Waals surface area (Å²) in [5, 5.41) is 4.46. The van der Waals surface area contributed by atoms with Gasteiger partial charge in [0.2, 0.25) is 0 Å². The highest BCUT2D eigenvalue weighted by Gasteiger charge is 2.30. The van der Waals surface area contributed by atoms with Crippen LogP contribution in [0.25, 0.3) is 5.69 Å². The molecule has 0 saturated carbocycles. The Balaban J connectivity index is 1.72. The Labute approximate surface area is 150 Å². The Morgan fingerprint density at radius 3 is 2.77 bits per heavy atom. The minimum Gasteiger partial charge on any atom is -0.487 e. The van der Waals surface area contributed by atoms with Crippen molar-refractivity contribution in [3.05, 3.63) is 71.8 Å². The minimum atomic E-state index is -0.390. The Morgan fingerprint density at radius 1 is 1.23 bits per heavy atom. The Morgan fingerprint density at radius 2 is 2.00 bits per heavy atom. The highest BCUT2D eigenvalue weighted by Crippen LogP contribution is 2.35. The zero-order valence-electron chi connectivity index (χ0n) is 14.5. The van der Waals surface area contributed by atoms with Crippen LogP contribution in [-0.2, 0) is 0 Å². The molecule has 2 aromatic carbocycles. The molecule has 4 rings (SSSR count). The summed E-state index contributed by atoms with van der Waals surface area (Å²) in [4.78, 5) is 14.8. The van der Waals surface area contributed by atoms with E-state index in [0.717, 1.165) is 5.69 Å². The van der Waals surface area contributed by atoms with Crippen LogP contribution in [0.5, 0.6) is 5.75 Å². The number of carbonyl (C=O) groups excluding carboxylic acids is 1. The van der Waals surface area contributed by atoms with E-state index in [0.29, 0.717) is 29.2 Å². The molecule has 26 heavy (non-hydrogen) atoms. The topological polar surface area (TPSA) is 47.4 Å². The van der Waals surface area contributed by atoms with Crippen LogP contribution in [0.15, 0.2) is 54.7 Å². The fourth-order valence-electron chi connectivity index (χ4n) is 3.14. The smallest absolute Gasteiger partial charge is 0.261 e. The third-order valence-electron chi connectivity index (χ3n) is 4.38. The van der Waals surface area contributed by atoms with Crippen molar-refractivity contribution in [1.82, 2.24) is 9.78 Å². The molecule has 0 aliphatic carbocycles. The lowest BCUT2D eigenvalue weighted by atomic mass is 10.1. The zero-order valence-corrected chi connectivity index (χ0v) is 14.5. The van der Waals surface area contributed by atoms with Crippen molar-refractivity contribution in [2.24, 2.45) is 0 Å². The minimum absolute atomic E-state index is 0.173. The van der Waals surface area contributed by atoms with Crippen molar-refractivity contribution in [3.63, 3.8) is 0 Å². The molecule has 1 amide bonds. The van der Waals surface area contributed by atoms with E-state index in [1.165, 1.54) is 12.1 Å². The summed E-state index contributed by atoms with van der Waals surface area (Å²) in [5.74, 6) is -0.184. The number of fused-ring (bicyclic) bond motifs is 1. The van der Waals surface area contributed by atoms with Crippen LogP contribution in [0.2, 0.25) is 0 Å². The van der Waals surface area contributed by atoms with E-state index >= 15 is 0 Å². The predicted molar refractivity (Wildman–Crippen MR) is 96.5 cm³/mol. The molecule has 1 aliphatic heterocycles. The summed E-state index contributed by atoms with van der Waals surface area (Å²) in [7, 11) is 0. The summed E-state index contributed by atoms with van der Waals surface area (Å²) in [6.45, 7) is 4.06. The predicted octanol–water partition coefficient (Wildman–Crippen LogP) is 3.75. The Bertz CT molecular complexity index is 968. The average molecular weight is 351 g/mol. The van der Waals surface area contributed by atoms with Gasteiger partial charge in [0, 0.05) is 12.3 Å². The van der Waals surface area contributed by atoms with Crippen LogP contribution in [0, 0.1) is 12.7 Å². The van der Waals surface area contributed by atoms with Crippen LogP contribution in [-0.4, -0.2) is 28.3 Å². The molecule has 1 aliphatic rings. The van der Waals surface area contributed by atoms with Gasteiger partial charge in [0.1, 0.15) is 17.7 Å². The third-order valence-corrected chi connectivity index (χ3v) is 4.38. The van der Waals surface area contributed by atoms with Gasteiger partial charge in [0.25, 0.3) is 5.91 Å². The van der Waals surface area contributed by atoms with E-state index in [4.69, 9.17) is 4.74 Å². The summed E-state index contributed by atoms with van der Waals surface area (Å²) >= 11 is 0. The fourth-order valence-corrected chi connectivity index (χ4v) is 3.14. The molecule has 0 spiro atoms. The fraction of sp³-hybridized carbons (Fsp3) is 0.200. The maximum absolute atomic E-state index is 13.5. The second-order valence-corrected chi connectivity index (χ2v) is 6.36. The van der Waals surface area contributed by atoms with E-state index in [2.05, 4.69) is 5.10 Å². The van der Waals surface area contributed by atoms with Gasteiger partial charge >= 0.3 is 0 Å². The average Bonchev–Trinajstić information content (AvgIpc) is 3.02. The van der Waals surface area contributed by atoms with Gasteiger partial charge in [0.05, 0.1) is 29.2 Å². The van der Waals surface area contributed by atoms with E-state index in [1.54, 1.807) is 21.8 Å². The molecular weight excluding hydrogens is 333 g/mol. The Kier molecular flexibility index (Phi) is 3.95. The van der Waals surface area contributed by atoms with E-state index in [9.17, 15) is 9.18 Å². The molecule has 1 aromatic heterocycles. The first-order valence-corrected chi connectivity index (χ1v) is 8.42. The number of amides is 1. The molecule has 2 heterocycles. The van der Waals surface area contributed by atoms with E-state index in [-0.39, 0.29) is 12.0 Å².